The average Bonchev–Trinajstić information content (AvgIpc) is 2.40. The first-order valence-corrected chi connectivity index (χ1v) is 5.97. The van der Waals surface area contributed by atoms with Gasteiger partial charge in [-0.2, -0.15) is 0 Å². The fraction of sp³-hybridized carbons (Fsp3) is 0.214. The van der Waals surface area contributed by atoms with Gasteiger partial charge >= 0.3 is 0 Å². The van der Waals surface area contributed by atoms with Gasteiger partial charge in [-0.15, -0.1) is 0 Å². The van der Waals surface area contributed by atoms with E-state index in [4.69, 9.17) is 4.74 Å². The summed E-state index contributed by atoms with van der Waals surface area (Å²) in [5.74, 6) is -0.731. The first-order chi connectivity index (χ1) is 9.22. The normalized spacial score (nSPS) is 10.3. The molecule has 0 aliphatic rings. The van der Waals surface area contributed by atoms with E-state index in [1.807, 2.05) is 6.92 Å². The zero-order chi connectivity index (χ0) is 13.7. The summed E-state index contributed by atoms with van der Waals surface area (Å²) >= 11 is 0. The smallest absolute Gasteiger partial charge is 0.237 e. The topological polar surface area (TPSA) is 34.1 Å². The van der Waals surface area contributed by atoms with Crippen molar-refractivity contribution >= 4 is 5.69 Å². The molecule has 0 aliphatic carbocycles. The molecule has 100 valence electrons. The lowest BCUT2D eigenvalue weighted by Crippen LogP contribution is -2.07. The maximum absolute atomic E-state index is 13.5. The van der Waals surface area contributed by atoms with E-state index in [0.717, 1.165) is 0 Å². The van der Waals surface area contributed by atoms with Crippen LogP contribution in [0.4, 0.5) is 14.5 Å². The summed E-state index contributed by atoms with van der Waals surface area (Å²) in [5.41, 5.74) is 0.598. The van der Waals surface area contributed by atoms with Crippen molar-refractivity contribution in [3.63, 3.8) is 0 Å². The van der Waals surface area contributed by atoms with Crippen molar-refractivity contribution in [2.45, 2.75) is 13.5 Å². The molecule has 0 amide bonds. The highest BCUT2D eigenvalue weighted by molar-refractivity contribution is 5.52. The maximum atomic E-state index is 13.5. The molecule has 0 saturated carbocycles. The molecule has 1 aromatic carbocycles. The fourth-order valence-electron chi connectivity index (χ4n) is 1.66. The third kappa shape index (κ3) is 3.19. The van der Waals surface area contributed by atoms with Crippen molar-refractivity contribution in [1.29, 1.82) is 0 Å². The molecular formula is C14H14F2N2O. The van der Waals surface area contributed by atoms with Crippen molar-refractivity contribution in [2.75, 3.05) is 11.9 Å². The molecule has 2 rings (SSSR count). The van der Waals surface area contributed by atoms with Crippen LogP contribution in [0.1, 0.15) is 12.5 Å². The van der Waals surface area contributed by atoms with Crippen LogP contribution >= 0.6 is 0 Å². The number of aromatic nitrogens is 1. The SMILES string of the molecule is CCOc1ncccc1NCc1c(F)cccc1F. The molecule has 0 spiro atoms. The van der Waals surface area contributed by atoms with E-state index in [1.165, 1.54) is 18.2 Å². The number of pyridine rings is 1. The highest BCUT2D eigenvalue weighted by atomic mass is 19.1. The molecule has 2 aromatic rings. The lowest BCUT2D eigenvalue weighted by molar-refractivity contribution is 0.328. The summed E-state index contributed by atoms with van der Waals surface area (Å²) < 4.78 is 32.3. The number of nitrogens with one attached hydrogen (secondary N) is 1. The Hall–Kier alpha value is -2.17. The van der Waals surface area contributed by atoms with E-state index in [0.29, 0.717) is 18.2 Å². The quantitative estimate of drug-likeness (QED) is 0.899. The summed E-state index contributed by atoms with van der Waals surface area (Å²) in [4.78, 5) is 4.05. The lowest BCUT2D eigenvalue weighted by Gasteiger charge is -2.11. The van der Waals surface area contributed by atoms with Crippen LogP contribution < -0.4 is 10.1 Å². The van der Waals surface area contributed by atoms with Crippen molar-refractivity contribution in [1.82, 2.24) is 4.98 Å². The number of anilines is 1. The Morgan fingerprint density at radius 1 is 1.16 bits per heavy atom. The summed E-state index contributed by atoms with van der Waals surface area (Å²) in [6.07, 6.45) is 1.60. The van der Waals surface area contributed by atoms with E-state index in [2.05, 4.69) is 10.3 Å². The summed E-state index contributed by atoms with van der Waals surface area (Å²) in [5, 5.41) is 2.93. The van der Waals surface area contributed by atoms with Gasteiger partial charge in [-0.05, 0) is 31.2 Å². The van der Waals surface area contributed by atoms with Crippen LogP contribution in [0.3, 0.4) is 0 Å². The average molecular weight is 264 g/mol. The Balaban J connectivity index is 2.15. The van der Waals surface area contributed by atoms with Gasteiger partial charge in [-0.1, -0.05) is 6.07 Å². The maximum Gasteiger partial charge on any atom is 0.237 e. The first kappa shape index (κ1) is 13.3. The number of hydrogen-bond acceptors (Lipinski definition) is 3. The zero-order valence-electron chi connectivity index (χ0n) is 10.5. The number of hydrogen-bond donors (Lipinski definition) is 1. The molecule has 0 aliphatic heterocycles. The number of rotatable bonds is 5. The van der Waals surface area contributed by atoms with Gasteiger partial charge in [-0.25, -0.2) is 13.8 Å². The Bertz CT molecular complexity index is 541. The molecule has 1 aromatic heterocycles. The van der Waals surface area contributed by atoms with Crippen molar-refractivity contribution in [2.24, 2.45) is 0 Å². The Kier molecular flexibility index (Phi) is 4.28. The number of benzene rings is 1. The first-order valence-electron chi connectivity index (χ1n) is 5.97. The monoisotopic (exact) mass is 264 g/mol. The van der Waals surface area contributed by atoms with Crippen molar-refractivity contribution in [3.8, 4) is 5.88 Å². The molecule has 0 radical (unpaired) electrons. The van der Waals surface area contributed by atoms with E-state index < -0.39 is 11.6 Å². The van der Waals surface area contributed by atoms with E-state index >= 15 is 0 Å². The molecule has 0 fully saturated rings. The molecule has 0 saturated heterocycles. The predicted molar refractivity (Wildman–Crippen MR) is 69.1 cm³/mol. The lowest BCUT2D eigenvalue weighted by atomic mass is 10.2. The van der Waals surface area contributed by atoms with Gasteiger partial charge in [-0.3, -0.25) is 0 Å². The molecule has 0 unspecified atom stereocenters. The minimum atomic E-state index is -0.575. The molecular weight excluding hydrogens is 250 g/mol. The molecule has 0 atom stereocenters. The van der Waals surface area contributed by atoms with Crippen LogP contribution in [0.25, 0.3) is 0 Å². The van der Waals surface area contributed by atoms with Crippen LogP contribution in [0.5, 0.6) is 5.88 Å². The van der Waals surface area contributed by atoms with Crippen molar-refractivity contribution in [3.05, 3.63) is 53.7 Å². The molecule has 1 N–H and O–H groups in total. The van der Waals surface area contributed by atoms with Gasteiger partial charge in [0.15, 0.2) is 0 Å². The van der Waals surface area contributed by atoms with Gasteiger partial charge < -0.3 is 10.1 Å². The summed E-state index contributed by atoms with van der Waals surface area (Å²) in [7, 11) is 0. The minimum Gasteiger partial charge on any atom is -0.476 e. The van der Waals surface area contributed by atoms with Crippen LogP contribution in [-0.2, 0) is 6.54 Å². The Morgan fingerprint density at radius 2 is 1.89 bits per heavy atom. The number of nitrogens with zero attached hydrogens (tertiary/aromatic N) is 1. The molecule has 0 bridgehead atoms. The predicted octanol–water partition coefficient (Wildman–Crippen LogP) is 3.37. The highest BCUT2D eigenvalue weighted by Gasteiger charge is 2.09. The van der Waals surface area contributed by atoms with Gasteiger partial charge in [0.1, 0.15) is 11.6 Å². The molecule has 1 heterocycles. The Labute approximate surface area is 110 Å². The summed E-state index contributed by atoms with van der Waals surface area (Å²) in [6, 6.07) is 7.27. The number of ether oxygens (including phenoxy) is 1. The van der Waals surface area contributed by atoms with Crippen LogP contribution in [0.15, 0.2) is 36.5 Å². The molecule has 3 nitrogen and oxygen atoms in total. The fourth-order valence-corrected chi connectivity index (χ4v) is 1.66. The van der Waals surface area contributed by atoms with Crippen LogP contribution in [-0.4, -0.2) is 11.6 Å². The van der Waals surface area contributed by atoms with Gasteiger partial charge in [0.05, 0.1) is 12.3 Å². The molecule has 5 heteroatoms. The second kappa shape index (κ2) is 6.13. The largest absolute Gasteiger partial charge is 0.476 e. The van der Waals surface area contributed by atoms with E-state index in [1.54, 1.807) is 18.3 Å². The minimum absolute atomic E-state index is 0.00574. The van der Waals surface area contributed by atoms with Gasteiger partial charge in [0.25, 0.3) is 0 Å². The van der Waals surface area contributed by atoms with Gasteiger partial charge in [0, 0.05) is 18.3 Å². The second-order valence-corrected chi connectivity index (χ2v) is 3.84. The van der Waals surface area contributed by atoms with Crippen LogP contribution in [0, 0.1) is 11.6 Å². The van der Waals surface area contributed by atoms with Crippen molar-refractivity contribution < 1.29 is 13.5 Å². The third-order valence-electron chi connectivity index (χ3n) is 2.57. The number of halogens is 2. The molecule has 19 heavy (non-hydrogen) atoms. The summed E-state index contributed by atoms with van der Waals surface area (Å²) in [6.45, 7) is 2.35. The van der Waals surface area contributed by atoms with E-state index in [9.17, 15) is 8.78 Å². The Morgan fingerprint density at radius 3 is 2.58 bits per heavy atom. The zero-order valence-corrected chi connectivity index (χ0v) is 10.5. The second-order valence-electron chi connectivity index (χ2n) is 3.84. The highest BCUT2D eigenvalue weighted by Crippen LogP contribution is 2.22. The van der Waals surface area contributed by atoms with Gasteiger partial charge in [0.2, 0.25) is 5.88 Å². The third-order valence-corrected chi connectivity index (χ3v) is 2.57. The van der Waals surface area contributed by atoms with Crippen LogP contribution in [0.2, 0.25) is 0 Å². The van der Waals surface area contributed by atoms with E-state index in [-0.39, 0.29) is 12.1 Å². The standard InChI is InChI=1S/C14H14F2N2O/c1-2-19-14-13(7-4-8-17-14)18-9-10-11(15)5-3-6-12(10)16/h3-8,18H,2,9H2,1H3.